The second-order valence-corrected chi connectivity index (χ2v) is 15.8. The van der Waals surface area contributed by atoms with Crippen LogP contribution in [-0.2, 0) is 0 Å². The highest BCUT2D eigenvalue weighted by Crippen LogP contribution is 2.41. The average molecular weight is 778 g/mol. The smallest absolute Gasteiger partial charge is 0.0547 e. The van der Waals surface area contributed by atoms with Gasteiger partial charge in [-0.15, -0.1) is 0 Å². The lowest BCUT2D eigenvalue weighted by Crippen LogP contribution is -2.10. The Balaban J connectivity index is 0.941. The highest BCUT2D eigenvalue weighted by Gasteiger charge is 2.18. The van der Waals surface area contributed by atoms with Gasteiger partial charge in [0.15, 0.2) is 0 Å². The van der Waals surface area contributed by atoms with Crippen molar-refractivity contribution in [2.24, 2.45) is 0 Å². The minimum absolute atomic E-state index is 1.09. The number of para-hydroxylation sites is 3. The zero-order valence-corrected chi connectivity index (χ0v) is 33.4. The fraction of sp³-hybridized carbons (Fsp3) is 0. The summed E-state index contributed by atoms with van der Waals surface area (Å²) >= 11 is 0. The zero-order chi connectivity index (χ0) is 40.3. The summed E-state index contributed by atoms with van der Waals surface area (Å²) in [4.78, 5) is 2.38. The van der Waals surface area contributed by atoms with E-state index in [1.54, 1.807) is 0 Å². The Morgan fingerprint density at radius 2 is 0.656 bits per heavy atom. The molecule has 0 aliphatic rings. The molecule has 0 aliphatic carbocycles. The van der Waals surface area contributed by atoms with Gasteiger partial charge in [-0.1, -0.05) is 146 Å². The minimum atomic E-state index is 1.09. The monoisotopic (exact) mass is 777 g/mol. The van der Waals surface area contributed by atoms with Crippen molar-refractivity contribution in [2.45, 2.75) is 0 Å². The summed E-state index contributed by atoms with van der Waals surface area (Å²) in [5, 5.41) is 7.50. The Labute approximate surface area is 354 Å². The molecule has 2 heterocycles. The molecule has 10 aromatic carbocycles. The van der Waals surface area contributed by atoms with Crippen molar-refractivity contribution in [2.75, 3.05) is 4.90 Å². The molecule has 0 spiro atoms. The highest BCUT2D eigenvalue weighted by molar-refractivity contribution is 6.14. The molecular weight excluding hydrogens is 739 g/mol. The van der Waals surface area contributed by atoms with E-state index in [2.05, 4.69) is 251 Å². The summed E-state index contributed by atoms with van der Waals surface area (Å²) in [6.45, 7) is 0. The van der Waals surface area contributed by atoms with Crippen molar-refractivity contribution in [3.63, 3.8) is 0 Å². The van der Waals surface area contributed by atoms with Gasteiger partial charge in [0.25, 0.3) is 0 Å². The summed E-state index contributed by atoms with van der Waals surface area (Å²) in [6, 6.07) is 85.9. The van der Waals surface area contributed by atoms with E-state index in [0.29, 0.717) is 0 Å². The number of aromatic nitrogens is 2. The molecule has 0 fully saturated rings. The van der Waals surface area contributed by atoms with Gasteiger partial charge in [-0.25, -0.2) is 0 Å². The average Bonchev–Trinajstić information content (AvgIpc) is 3.84. The molecule has 3 heteroatoms. The van der Waals surface area contributed by atoms with Crippen LogP contribution in [0.4, 0.5) is 17.1 Å². The maximum Gasteiger partial charge on any atom is 0.0547 e. The standard InChI is InChI=1S/C58H39N3/c1-3-13-40(14-4-1)41-23-29-47(30-24-41)59(50-35-36-57-54(39-50)52-20-10-11-21-55(52)60(57)46-17-5-2-6-18-46)48-31-25-42(26-32-48)43-27-33-49(34-28-43)61-56-22-12-9-19-51(56)53-37-44-15-7-8-16-45(44)38-58(53)61/h1-39H. The van der Waals surface area contributed by atoms with Crippen LogP contribution in [0.3, 0.4) is 0 Å². The highest BCUT2D eigenvalue weighted by atomic mass is 15.1. The van der Waals surface area contributed by atoms with Gasteiger partial charge in [-0.3, -0.25) is 0 Å². The molecule has 0 amide bonds. The van der Waals surface area contributed by atoms with E-state index in [0.717, 1.165) is 28.4 Å². The van der Waals surface area contributed by atoms with Crippen molar-refractivity contribution in [3.05, 3.63) is 237 Å². The molecule has 286 valence electrons. The van der Waals surface area contributed by atoms with Crippen molar-refractivity contribution in [3.8, 4) is 33.6 Å². The van der Waals surface area contributed by atoms with E-state index >= 15 is 0 Å². The summed E-state index contributed by atoms with van der Waals surface area (Å²) in [5.74, 6) is 0. The van der Waals surface area contributed by atoms with Crippen LogP contribution in [-0.4, -0.2) is 9.13 Å². The lowest BCUT2D eigenvalue weighted by Gasteiger charge is -2.26. The van der Waals surface area contributed by atoms with Gasteiger partial charge in [-0.2, -0.15) is 0 Å². The first kappa shape index (κ1) is 34.9. The van der Waals surface area contributed by atoms with Crippen LogP contribution in [0.2, 0.25) is 0 Å². The minimum Gasteiger partial charge on any atom is -0.310 e. The van der Waals surface area contributed by atoms with Crippen LogP contribution in [0.5, 0.6) is 0 Å². The number of nitrogens with zero attached hydrogens (tertiary/aromatic N) is 3. The molecular formula is C58H39N3. The number of benzene rings is 10. The molecule has 0 unspecified atom stereocenters. The second-order valence-electron chi connectivity index (χ2n) is 15.8. The van der Waals surface area contributed by atoms with E-state index < -0.39 is 0 Å². The maximum atomic E-state index is 2.40. The van der Waals surface area contributed by atoms with E-state index in [1.165, 1.54) is 76.6 Å². The molecule has 2 aromatic heterocycles. The van der Waals surface area contributed by atoms with Gasteiger partial charge in [0.05, 0.1) is 22.1 Å². The van der Waals surface area contributed by atoms with Gasteiger partial charge in [0.1, 0.15) is 0 Å². The molecule has 12 aromatic rings. The Bertz CT molecular complexity index is 3540. The summed E-state index contributed by atoms with van der Waals surface area (Å²) in [6.07, 6.45) is 0. The summed E-state index contributed by atoms with van der Waals surface area (Å²) < 4.78 is 4.77. The summed E-state index contributed by atoms with van der Waals surface area (Å²) in [5.41, 5.74) is 15.2. The van der Waals surface area contributed by atoms with Crippen molar-refractivity contribution < 1.29 is 0 Å². The lowest BCUT2D eigenvalue weighted by molar-refractivity contribution is 1.18. The van der Waals surface area contributed by atoms with Crippen molar-refractivity contribution in [1.29, 1.82) is 0 Å². The van der Waals surface area contributed by atoms with Crippen molar-refractivity contribution in [1.82, 2.24) is 9.13 Å². The second kappa shape index (κ2) is 14.3. The molecule has 0 bridgehead atoms. The molecule has 0 saturated carbocycles. The predicted octanol–water partition coefficient (Wildman–Crippen LogP) is 15.8. The first-order valence-corrected chi connectivity index (χ1v) is 20.9. The maximum absolute atomic E-state index is 2.40. The molecule has 3 nitrogen and oxygen atoms in total. The number of anilines is 3. The Morgan fingerprint density at radius 3 is 1.26 bits per heavy atom. The number of hydrogen-bond acceptors (Lipinski definition) is 1. The Kier molecular flexibility index (Phi) is 8.17. The zero-order valence-electron chi connectivity index (χ0n) is 33.4. The quantitative estimate of drug-likeness (QED) is 0.157. The predicted molar refractivity (Wildman–Crippen MR) is 258 cm³/mol. The van der Waals surface area contributed by atoms with Crippen LogP contribution in [0.25, 0.3) is 88.0 Å². The van der Waals surface area contributed by atoms with E-state index in [4.69, 9.17) is 0 Å². The van der Waals surface area contributed by atoms with Crippen molar-refractivity contribution >= 4 is 71.4 Å². The van der Waals surface area contributed by atoms with Gasteiger partial charge in [0.2, 0.25) is 0 Å². The third kappa shape index (κ3) is 5.90. The Hall–Kier alpha value is -8.14. The van der Waals surface area contributed by atoms with Crippen LogP contribution >= 0.6 is 0 Å². The molecule has 0 saturated heterocycles. The first-order chi connectivity index (χ1) is 30.2. The van der Waals surface area contributed by atoms with Crippen LogP contribution in [0, 0.1) is 0 Å². The van der Waals surface area contributed by atoms with E-state index in [-0.39, 0.29) is 0 Å². The van der Waals surface area contributed by atoms with Crippen LogP contribution in [0.1, 0.15) is 0 Å². The SMILES string of the molecule is c1ccc(-c2ccc(N(c3ccc(-c4ccc(-n5c6ccccc6c6cc7ccccc7cc65)cc4)cc3)c3ccc4c(c3)c3ccccc3n4-c3ccccc3)cc2)cc1. The number of fused-ring (bicyclic) bond motifs is 7. The first-order valence-electron chi connectivity index (χ1n) is 20.9. The molecule has 12 rings (SSSR count). The molecule has 0 atom stereocenters. The van der Waals surface area contributed by atoms with Gasteiger partial charge in [-0.05, 0) is 124 Å². The van der Waals surface area contributed by atoms with E-state index in [1.807, 2.05) is 0 Å². The molecule has 0 radical (unpaired) electrons. The van der Waals surface area contributed by atoms with Gasteiger partial charge < -0.3 is 14.0 Å². The van der Waals surface area contributed by atoms with E-state index in [9.17, 15) is 0 Å². The molecule has 61 heavy (non-hydrogen) atoms. The number of hydrogen-bond donors (Lipinski definition) is 0. The largest absolute Gasteiger partial charge is 0.310 e. The molecule has 0 N–H and O–H groups in total. The summed E-state index contributed by atoms with van der Waals surface area (Å²) in [7, 11) is 0. The molecule has 0 aliphatic heterocycles. The van der Waals surface area contributed by atoms with Gasteiger partial charge in [0, 0.05) is 50.0 Å². The van der Waals surface area contributed by atoms with Gasteiger partial charge >= 0.3 is 0 Å². The third-order valence-corrected chi connectivity index (χ3v) is 12.3. The third-order valence-electron chi connectivity index (χ3n) is 12.3. The fourth-order valence-electron chi connectivity index (χ4n) is 9.38. The van der Waals surface area contributed by atoms with Crippen LogP contribution in [0.15, 0.2) is 237 Å². The topological polar surface area (TPSA) is 13.1 Å². The fourth-order valence-corrected chi connectivity index (χ4v) is 9.38. The normalized spacial score (nSPS) is 11.6. The van der Waals surface area contributed by atoms with Crippen LogP contribution < -0.4 is 4.90 Å². The number of rotatable bonds is 7. The lowest BCUT2D eigenvalue weighted by atomic mass is 10.0. The Morgan fingerprint density at radius 1 is 0.246 bits per heavy atom.